The van der Waals surface area contributed by atoms with Gasteiger partial charge in [0.25, 0.3) is 0 Å². The van der Waals surface area contributed by atoms with Gasteiger partial charge in [0.15, 0.2) is 0 Å². The van der Waals surface area contributed by atoms with Crippen molar-refractivity contribution in [1.29, 1.82) is 0 Å². The van der Waals surface area contributed by atoms with Gasteiger partial charge >= 0.3 is 0 Å². The molecule has 0 spiro atoms. The number of nitrogens with two attached hydrogens (primary N) is 1. The van der Waals surface area contributed by atoms with Crippen LogP contribution in [0, 0.1) is 0 Å². The number of aromatic hydroxyl groups is 1. The number of unbranched alkanes of at least 4 members (excludes halogenated alkanes) is 2. The van der Waals surface area contributed by atoms with Gasteiger partial charge in [-0.1, -0.05) is 31.4 Å². The Morgan fingerprint density at radius 2 is 2.14 bits per heavy atom. The molecule has 3 heteroatoms. The van der Waals surface area contributed by atoms with E-state index in [0.717, 1.165) is 49.0 Å². The molecule has 1 aliphatic rings. The zero-order valence-electron chi connectivity index (χ0n) is 13.9. The first kappa shape index (κ1) is 16.9. The van der Waals surface area contributed by atoms with E-state index in [9.17, 15) is 5.11 Å². The Hall–Kier alpha value is -1.48. The van der Waals surface area contributed by atoms with Crippen LogP contribution < -0.4 is 10.5 Å². The highest BCUT2D eigenvalue weighted by Crippen LogP contribution is 2.42. The van der Waals surface area contributed by atoms with Crippen molar-refractivity contribution in [2.45, 2.75) is 64.7 Å². The van der Waals surface area contributed by atoms with Crippen molar-refractivity contribution in [3.05, 3.63) is 34.9 Å². The maximum atomic E-state index is 10.5. The molecule has 3 N–H and O–H groups in total. The number of hydrogen-bond acceptors (Lipinski definition) is 3. The standard InChI is InChI=1S/C19H29NO2/c1-3-4-5-8-15-11-17(21)19(18(12-15)22-13-20)16-9-6-7-14(2)10-16/h10-12,16,21H,3-9,13,20H2,1-2H3. The molecule has 0 fully saturated rings. The molecule has 2 rings (SSSR count). The minimum absolute atomic E-state index is 0.139. The smallest absolute Gasteiger partial charge is 0.137 e. The second-order valence-electron chi connectivity index (χ2n) is 6.31. The highest BCUT2D eigenvalue weighted by molar-refractivity contribution is 5.51. The van der Waals surface area contributed by atoms with Crippen LogP contribution in [-0.4, -0.2) is 11.8 Å². The maximum Gasteiger partial charge on any atom is 0.137 e. The Balaban J connectivity index is 2.29. The molecule has 0 radical (unpaired) electrons. The van der Waals surface area contributed by atoms with E-state index in [4.69, 9.17) is 10.5 Å². The van der Waals surface area contributed by atoms with Gasteiger partial charge in [-0.05, 0) is 56.7 Å². The van der Waals surface area contributed by atoms with Crippen molar-refractivity contribution in [3.8, 4) is 11.5 Å². The Bertz CT molecular complexity index is 522. The summed E-state index contributed by atoms with van der Waals surface area (Å²) in [5.41, 5.74) is 9.02. The number of allylic oxidation sites excluding steroid dienone is 2. The van der Waals surface area contributed by atoms with Crippen LogP contribution in [-0.2, 0) is 6.42 Å². The third-order valence-electron chi connectivity index (χ3n) is 4.43. The summed E-state index contributed by atoms with van der Waals surface area (Å²) in [5.74, 6) is 1.35. The van der Waals surface area contributed by atoms with Gasteiger partial charge in [-0.25, -0.2) is 0 Å². The Morgan fingerprint density at radius 3 is 2.82 bits per heavy atom. The molecule has 0 aromatic heterocycles. The summed E-state index contributed by atoms with van der Waals surface area (Å²) < 4.78 is 5.64. The second-order valence-corrected chi connectivity index (χ2v) is 6.31. The maximum absolute atomic E-state index is 10.5. The van der Waals surface area contributed by atoms with Crippen LogP contribution in [0.15, 0.2) is 23.8 Å². The van der Waals surface area contributed by atoms with E-state index in [1.54, 1.807) is 0 Å². The summed E-state index contributed by atoms with van der Waals surface area (Å²) >= 11 is 0. The molecule has 1 atom stereocenters. The predicted molar refractivity (Wildman–Crippen MR) is 91.4 cm³/mol. The average Bonchev–Trinajstić information content (AvgIpc) is 2.47. The largest absolute Gasteiger partial charge is 0.507 e. The number of hydrogen-bond donors (Lipinski definition) is 2. The summed E-state index contributed by atoms with van der Waals surface area (Å²) in [6.45, 7) is 4.49. The highest BCUT2D eigenvalue weighted by atomic mass is 16.5. The van der Waals surface area contributed by atoms with Crippen LogP contribution in [0.25, 0.3) is 0 Å². The summed E-state index contributed by atoms with van der Waals surface area (Å²) in [5, 5.41) is 10.5. The SMILES string of the molecule is CCCCCc1cc(O)c(C2C=C(C)CCC2)c(OCN)c1. The van der Waals surface area contributed by atoms with Gasteiger partial charge in [-0.3, -0.25) is 5.73 Å². The van der Waals surface area contributed by atoms with Crippen molar-refractivity contribution < 1.29 is 9.84 Å². The lowest BCUT2D eigenvalue weighted by Crippen LogP contribution is -2.11. The molecule has 122 valence electrons. The van der Waals surface area contributed by atoms with Crippen LogP contribution in [0.1, 0.15) is 69.4 Å². The number of ether oxygens (including phenoxy) is 1. The van der Waals surface area contributed by atoms with E-state index in [1.165, 1.54) is 18.4 Å². The van der Waals surface area contributed by atoms with Crippen LogP contribution in [0.2, 0.25) is 0 Å². The topological polar surface area (TPSA) is 55.5 Å². The van der Waals surface area contributed by atoms with Gasteiger partial charge in [0.1, 0.15) is 18.2 Å². The quantitative estimate of drug-likeness (QED) is 0.438. The lowest BCUT2D eigenvalue weighted by molar-refractivity contribution is 0.320. The van der Waals surface area contributed by atoms with Crippen molar-refractivity contribution >= 4 is 0 Å². The minimum Gasteiger partial charge on any atom is -0.507 e. The Morgan fingerprint density at radius 1 is 1.32 bits per heavy atom. The molecule has 0 aliphatic heterocycles. The van der Waals surface area contributed by atoms with Crippen molar-refractivity contribution in [2.24, 2.45) is 5.73 Å². The number of rotatable bonds is 7. The van der Waals surface area contributed by atoms with E-state index in [1.807, 2.05) is 6.07 Å². The molecule has 1 aromatic rings. The molecule has 3 nitrogen and oxygen atoms in total. The van der Waals surface area contributed by atoms with Gasteiger partial charge in [0, 0.05) is 11.5 Å². The van der Waals surface area contributed by atoms with Gasteiger partial charge in [0.05, 0.1) is 0 Å². The van der Waals surface area contributed by atoms with Gasteiger partial charge in [-0.15, -0.1) is 0 Å². The van der Waals surface area contributed by atoms with Gasteiger partial charge in [0.2, 0.25) is 0 Å². The van der Waals surface area contributed by atoms with Crippen molar-refractivity contribution in [1.82, 2.24) is 0 Å². The number of benzene rings is 1. The van der Waals surface area contributed by atoms with E-state index >= 15 is 0 Å². The fourth-order valence-corrected chi connectivity index (χ4v) is 3.31. The molecular weight excluding hydrogens is 274 g/mol. The molecule has 1 aliphatic carbocycles. The third kappa shape index (κ3) is 4.26. The summed E-state index contributed by atoms with van der Waals surface area (Å²) in [7, 11) is 0. The normalized spacial score (nSPS) is 18.1. The van der Waals surface area contributed by atoms with Crippen LogP contribution in [0.5, 0.6) is 11.5 Å². The Labute approximate surface area is 134 Å². The Kier molecular flexibility index (Phi) is 6.32. The summed E-state index contributed by atoms with van der Waals surface area (Å²) in [6.07, 6.45) is 10.1. The first-order valence-corrected chi connectivity index (χ1v) is 8.51. The fourth-order valence-electron chi connectivity index (χ4n) is 3.31. The van der Waals surface area contributed by atoms with E-state index in [0.29, 0.717) is 5.75 Å². The van der Waals surface area contributed by atoms with Gasteiger partial charge < -0.3 is 9.84 Å². The van der Waals surface area contributed by atoms with E-state index < -0.39 is 0 Å². The van der Waals surface area contributed by atoms with E-state index in [2.05, 4.69) is 26.0 Å². The average molecular weight is 303 g/mol. The van der Waals surface area contributed by atoms with Crippen molar-refractivity contribution in [2.75, 3.05) is 6.73 Å². The third-order valence-corrected chi connectivity index (χ3v) is 4.43. The minimum atomic E-state index is 0.139. The zero-order valence-corrected chi connectivity index (χ0v) is 13.9. The second kappa shape index (κ2) is 8.23. The summed E-state index contributed by atoms with van der Waals surface area (Å²) in [6, 6.07) is 3.97. The molecular formula is C19H29NO2. The molecule has 1 aromatic carbocycles. The van der Waals surface area contributed by atoms with Crippen LogP contribution in [0.3, 0.4) is 0 Å². The molecule has 0 saturated carbocycles. The number of aryl methyl sites for hydroxylation is 1. The van der Waals surface area contributed by atoms with Crippen LogP contribution in [0.4, 0.5) is 0 Å². The molecule has 1 unspecified atom stereocenters. The predicted octanol–water partition coefficient (Wildman–Crippen LogP) is 4.63. The van der Waals surface area contributed by atoms with Crippen LogP contribution >= 0.6 is 0 Å². The summed E-state index contributed by atoms with van der Waals surface area (Å²) in [4.78, 5) is 0. The number of phenolic OH excluding ortho intramolecular Hbond substituents is 1. The molecule has 22 heavy (non-hydrogen) atoms. The molecule has 0 bridgehead atoms. The first-order chi connectivity index (χ1) is 10.7. The van der Waals surface area contributed by atoms with E-state index in [-0.39, 0.29) is 12.6 Å². The highest BCUT2D eigenvalue weighted by Gasteiger charge is 2.22. The molecule has 0 heterocycles. The van der Waals surface area contributed by atoms with Crippen molar-refractivity contribution in [3.63, 3.8) is 0 Å². The number of phenols is 1. The first-order valence-electron chi connectivity index (χ1n) is 8.51. The zero-order chi connectivity index (χ0) is 15.9. The monoisotopic (exact) mass is 303 g/mol. The fraction of sp³-hybridized carbons (Fsp3) is 0.579. The molecule has 0 amide bonds. The lowest BCUT2D eigenvalue weighted by atomic mass is 9.84. The molecule has 0 saturated heterocycles. The van der Waals surface area contributed by atoms with Gasteiger partial charge in [-0.2, -0.15) is 0 Å². The lowest BCUT2D eigenvalue weighted by Gasteiger charge is -2.23.